The summed E-state index contributed by atoms with van der Waals surface area (Å²) in [5, 5.41) is 0. The molecule has 0 fully saturated rings. The van der Waals surface area contributed by atoms with E-state index in [1.54, 1.807) is 0 Å². The van der Waals surface area contributed by atoms with Crippen LogP contribution in [0.4, 0.5) is 5.69 Å². The van der Waals surface area contributed by atoms with E-state index in [9.17, 15) is 0 Å². The molecule has 2 heteroatoms. The van der Waals surface area contributed by atoms with E-state index >= 15 is 0 Å². The Balaban J connectivity index is 2.82. The van der Waals surface area contributed by atoms with Gasteiger partial charge < -0.3 is 4.90 Å². The van der Waals surface area contributed by atoms with Crippen molar-refractivity contribution in [2.75, 3.05) is 23.7 Å². The van der Waals surface area contributed by atoms with Crippen LogP contribution in [0.3, 0.4) is 0 Å². The topological polar surface area (TPSA) is 3.24 Å². The molecule has 0 aromatic heterocycles. The minimum atomic E-state index is 0.253. The molecule has 0 aliphatic carbocycles. The molecule has 0 spiro atoms. The maximum absolute atomic E-state index is 4.42. The lowest BCUT2D eigenvalue weighted by Gasteiger charge is -2.32. The third kappa shape index (κ3) is 3.75. The summed E-state index contributed by atoms with van der Waals surface area (Å²) in [5.74, 6) is 0.912. The lowest BCUT2D eigenvalue weighted by molar-refractivity contribution is 0.423. The predicted octanol–water partition coefficient (Wildman–Crippen LogP) is 3.78. The van der Waals surface area contributed by atoms with Crippen LogP contribution in [0.15, 0.2) is 24.3 Å². The lowest BCUT2D eigenvalue weighted by Crippen LogP contribution is -2.35. The van der Waals surface area contributed by atoms with Gasteiger partial charge in [-0.05, 0) is 42.7 Å². The van der Waals surface area contributed by atoms with Crippen LogP contribution in [-0.2, 0) is 0 Å². The van der Waals surface area contributed by atoms with Crippen molar-refractivity contribution in [2.45, 2.75) is 27.7 Å². The first kappa shape index (κ1) is 13.4. The van der Waals surface area contributed by atoms with Gasteiger partial charge in [0.2, 0.25) is 0 Å². The third-order valence-electron chi connectivity index (χ3n) is 2.80. The molecule has 1 aromatic rings. The minimum Gasteiger partial charge on any atom is -0.371 e. The normalized spacial score (nSPS) is 11.6. The third-order valence-corrected chi connectivity index (χ3v) is 3.65. The van der Waals surface area contributed by atoms with Gasteiger partial charge in [-0.1, -0.05) is 26.0 Å². The summed E-state index contributed by atoms with van der Waals surface area (Å²) >= 11 is 4.42. The Bertz CT molecular complexity index is 333. The van der Waals surface area contributed by atoms with Crippen LogP contribution in [0.2, 0.25) is 0 Å². The second-order valence-electron chi connectivity index (χ2n) is 5.18. The van der Waals surface area contributed by atoms with E-state index < -0.39 is 0 Å². The number of benzene rings is 1. The van der Waals surface area contributed by atoms with Crippen LogP contribution in [0, 0.1) is 12.3 Å². The van der Waals surface area contributed by atoms with Crippen molar-refractivity contribution in [3.8, 4) is 0 Å². The van der Waals surface area contributed by atoms with Crippen LogP contribution in [-0.4, -0.2) is 18.8 Å². The summed E-state index contributed by atoms with van der Waals surface area (Å²) in [6, 6.07) is 8.70. The zero-order chi connectivity index (χ0) is 12.2. The van der Waals surface area contributed by atoms with Gasteiger partial charge in [-0.2, -0.15) is 12.6 Å². The molecule has 0 atom stereocenters. The number of hydrogen-bond donors (Lipinski definition) is 1. The molecule has 1 aromatic carbocycles. The molecular formula is C14H23NS. The highest BCUT2D eigenvalue weighted by Crippen LogP contribution is 2.23. The Kier molecular flexibility index (Phi) is 4.72. The fourth-order valence-electron chi connectivity index (χ4n) is 1.78. The molecule has 0 N–H and O–H groups in total. The van der Waals surface area contributed by atoms with Gasteiger partial charge >= 0.3 is 0 Å². The van der Waals surface area contributed by atoms with Crippen molar-refractivity contribution in [3.63, 3.8) is 0 Å². The smallest absolute Gasteiger partial charge is 0.0368 e. The summed E-state index contributed by atoms with van der Waals surface area (Å²) in [6.45, 7) is 11.0. The molecular weight excluding hydrogens is 214 g/mol. The quantitative estimate of drug-likeness (QED) is 0.763. The second-order valence-corrected chi connectivity index (χ2v) is 5.49. The van der Waals surface area contributed by atoms with Gasteiger partial charge in [0.15, 0.2) is 0 Å². The maximum atomic E-state index is 4.42. The van der Waals surface area contributed by atoms with Crippen LogP contribution >= 0.6 is 12.6 Å². The van der Waals surface area contributed by atoms with Crippen molar-refractivity contribution >= 4 is 18.3 Å². The first-order valence-corrected chi connectivity index (χ1v) is 6.54. The SMILES string of the molecule is CCN(CC(C)(C)CS)c1cccc(C)c1. The van der Waals surface area contributed by atoms with Crippen molar-refractivity contribution in [1.82, 2.24) is 0 Å². The molecule has 1 nitrogen and oxygen atoms in total. The monoisotopic (exact) mass is 237 g/mol. The predicted molar refractivity (Wildman–Crippen MR) is 76.7 cm³/mol. The highest BCUT2D eigenvalue weighted by molar-refractivity contribution is 7.80. The second kappa shape index (κ2) is 5.62. The van der Waals surface area contributed by atoms with Gasteiger partial charge in [0.05, 0.1) is 0 Å². The van der Waals surface area contributed by atoms with Gasteiger partial charge in [-0.25, -0.2) is 0 Å². The van der Waals surface area contributed by atoms with Crippen LogP contribution in [0.1, 0.15) is 26.3 Å². The molecule has 16 heavy (non-hydrogen) atoms. The summed E-state index contributed by atoms with van der Waals surface area (Å²) in [4.78, 5) is 2.42. The van der Waals surface area contributed by atoms with E-state index in [0.29, 0.717) is 0 Å². The molecule has 0 aliphatic rings. The van der Waals surface area contributed by atoms with E-state index in [2.05, 4.69) is 69.5 Å². The van der Waals surface area contributed by atoms with Crippen molar-refractivity contribution < 1.29 is 0 Å². The van der Waals surface area contributed by atoms with E-state index in [1.807, 2.05) is 0 Å². The first-order chi connectivity index (χ1) is 7.48. The zero-order valence-electron chi connectivity index (χ0n) is 10.8. The van der Waals surface area contributed by atoms with Gasteiger partial charge in [0, 0.05) is 18.8 Å². The molecule has 0 saturated heterocycles. The number of nitrogens with zero attached hydrogens (tertiary/aromatic N) is 1. The summed E-state index contributed by atoms with van der Waals surface area (Å²) in [6.07, 6.45) is 0. The molecule has 0 radical (unpaired) electrons. The lowest BCUT2D eigenvalue weighted by atomic mass is 9.95. The first-order valence-electron chi connectivity index (χ1n) is 5.91. The molecule has 0 heterocycles. The van der Waals surface area contributed by atoms with Crippen LogP contribution in [0.25, 0.3) is 0 Å². The molecule has 0 saturated carbocycles. The molecule has 0 amide bonds. The molecule has 1 rings (SSSR count). The minimum absolute atomic E-state index is 0.253. The van der Waals surface area contributed by atoms with Crippen molar-refractivity contribution in [2.24, 2.45) is 5.41 Å². The van der Waals surface area contributed by atoms with Crippen molar-refractivity contribution in [1.29, 1.82) is 0 Å². The van der Waals surface area contributed by atoms with E-state index in [0.717, 1.165) is 18.8 Å². The van der Waals surface area contributed by atoms with Gasteiger partial charge in [0.25, 0.3) is 0 Å². The Hall–Kier alpha value is -0.630. The molecule has 0 unspecified atom stereocenters. The van der Waals surface area contributed by atoms with Gasteiger partial charge in [-0.15, -0.1) is 0 Å². The van der Waals surface area contributed by atoms with Crippen molar-refractivity contribution in [3.05, 3.63) is 29.8 Å². The Labute approximate surface area is 105 Å². The molecule has 0 bridgehead atoms. The Morgan fingerprint density at radius 1 is 1.31 bits per heavy atom. The fraction of sp³-hybridized carbons (Fsp3) is 0.571. The number of thiol groups is 1. The summed E-state index contributed by atoms with van der Waals surface area (Å²) < 4.78 is 0. The van der Waals surface area contributed by atoms with E-state index in [1.165, 1.54) is 11.3 Å². The Morgan fingerprint density at radius 2 is 2.00 bits per heavy atom. The van der Waals surface area contributed by atoms with Gasteiger partial charge in [0.1, 0.15) is 0 Å². The number of hydrogen-bond acceptors (Lipinski definition) is 2. The summed E-state index contributed by atoms with van der Waals surface area (Å²) in [5.41, 5.74) is 2.89. The highest BCUT2D eigenvalue weighted by atomic mass is 32.1. The highest BCUT2D eigenvalue weighted by Gasteiger charge is 2.19. The van der Waals surface area contributed by atoms with Crippen LogP contribution in [0.5, 0.6) is 0 Å². The molecule has 90 valence electrons. The van der Waals surface area contributed by atoms with Crippen LogP contribution < -0.4 is 4.90 Å². The maximum Gasteiger partial charge on any atom is 0.0368 e. The van der Waals surface area contributed by atoms with Gasteiger partial charge in [-0.3, -0.25) is 0 Å². The number of anilines is 1. The van der Waals surface area contributed by atoms with E-state index in [-0.39, 0.29) is 5.41 Å². The van der Waals surface area contributed by atoms with E-state index in [4.69, 9.17) is 0 Å². The number of aryl methyl sites for hydroxylation is 1. The standard InChI is InChI=1S/C14H23NS/c1-5-15(10-14(3,4)11-16)13-8-6-7-12(2)9-13/h6-9,16H,5,10-11H2,1-4H3. The zero-order valence-corrected chi connectivity index (χ0v) is 11.7. The largest absolute Gasteiger partial charge is 0.371 e. The average Bonchev–Trinajstić information content (AvgIpc) is 2.26. The fourth-order valence-corrected chi connectivity index (χ4v) is 1.88. The molecule has 0 aliphatic heterocycles. The summed E-state index contributed by atoms with van der Waals surface area (Å²) in [7, 11) is 0. The average molecular weight is 237 g/mol. The Morgan fingerprint density at radius 3 is 2.50 bits per heavy atom. The number of rotatable bonds is 5.